The summed E-state index contributed by atoms with van der Waals surface area (Å²) in [5.41, 5.74) is 2.29. The molecule has 0 amide bonds. The number of esters is 2. The van der Waals surface area contributed by atoms with Crippen molar-refractivity contribution in [2.24, 2.45) is 0 Å². The second kappa shape index (κ2) is 12.8. The van der Waals surface area contributed by atoms with E-state index in [0.717, 1.165) is 36.8 Å². The van der Waals surface area contributed by atoms with Gasteiger partial charge in [0.05, 0.1) is 0 Å². The maximum atomic E-state index is 13.9. The molecular weight excluding hydrogens is 374 g/mol. The number of benzene rings is 2. The van der Waals surface area contributed by atoms with Crippen LogP contribution in [-0.4, -0.2) is 24.3 Å². The van der Waals surface area contributed by atoms with Crippen molar-refractivity contribution in [3.05, 3.63) is 71.8 Å². The van der Waals surface area contributed by atoms with E-state index in [0.29, 0.717) is 12.8 Å². The molecule has 29 heavy (non-hydrogen) atoms. The third kappa shape index (κ3) is 8.99. The van der Waals surface area contributed by atoms with Crippen molar-refractivity contribution >= 4 is 11.9 Å². The zero-order valence-electron chi connectivity index (χ0n) is 16.6. The van der Waals surface area contributed by atoms with E-state index in [9.17, 15) is 18.4 Å². The quantitative estimate of drug-likeness (QED) is 0.265. The second-order valence-corrected chi connectivity index (χ2v) is 7.14. The SMILES string of the molecule is O=C(OC(=O)C(F)CCCCc1ccccc1)C(F)CCCCc1ccccc1. The molecule has 5 heteroatoms. The summed E-state index contributed by atoms with van der Waals surface area (Å²) >= 11 is 0. The molecule has 0 saturated carbocycles. The molecule has 0 N–H and O–H groups in total. The summed E-state index contributed by atoms with van der Waals surface area (Å²) in [4.78, 5) is 23.3. The fraction of sp³-hybridized carbons (Fsp3) is 0.417. The Kier molecular flexibility index (Phi) is 10.0. The van der Waals surface area contributed by atoms with E-state index in [2.05, 4.69) is 4.74 Å². The van der Waals surface area contributed by atoms with E-state index in [1.807, 2.05) is 60.7 Å². The minimum Gasteiger partial charge on any atom is -0.389 e. The van der Waals surface area contributed by atoms with E-state index < -0.39 is 24.3 Å². The van der Waals surface area contributed by atoms with Crippen LogP contribution in [0, 0.1) is 0 Å². The molecule has 0 aliphatic carbocycles. The van der Waals surface area contributed by atoms with Gasteiger partial charge in [0.1, 0.15) is 0 Å². The van der Waals surface area contributed by atoms with Gasteiger partial charge >= 0.3 is 11.9 Å². The highest BCUT2D eigenvalue weighted by molar-refractivity contribution is 5.89. The molecule has 2 unspecified atom stereocenters. The van der Waals surface area contributed by atoms with Crippen molar-refractivity contribution < 1.29 is 23.1 Å². The first kappa shape index (κ1) is 22.7. The number of halogens is 2. The van der Waals surface area contributed by atoms with Crippen LogP contribution in [0.2, 0.25) is 0 Å². The monoisotopic (exact) mass is 402 g/mol. The van der Waals surface area contributed by atoms with Crippen LogP contribution in [-0.2, 0) is 27.2 Å². The van der Waals surface area contributed by atoms with E-state index >= 15 is 0 Å². The second-order valence-electron chi connectivity index (χ2n) is 7.14. The third-order valence-electron chi connectivity index (χ3n) is 4.74. The third-order valence-corrected chi connectivity index (χ3v) is 4.74. The van der Waals surface area contributed by atoms with E-state index in [4.69, 9.17) is 0 Å². The highest BCUT2D eigenvalue weighted by atomic mass is 19.1. The number of ether oxygens (including phenoxy) is 1. The van der Waals surface area contributed by atoms with Gasteiger partial charge in [0.2, 0.25) is 0 Å². The van der Waals surface area contributed by atoms with Gasteiger partial charge in [0, 0.05) is 0 Å². The van der Waals surface area contributed by atoms with Crippen LogP contribution in [0.3, 0.4) is 0 Å². The highest BCUT2D eigenvalue weighted by Crippen LogP contribution is 2.14. The molecule has 0 bridgehead atoms. The topological polar surface area (TPSA) is 43.4 Å². The van der Waals surface area contributed by atoms with E-state index in [1.165, 1.54) is 0 Å². The van der Waals surface area contributed by atoms with Crippen molar-refractivity contribution in [2.75, 3.05) is 0 Å². The number of aryl methyl sites for hydroxylation is 2. The van der Waals surface area contributed by atoms with Gasteiger partial charge in [-0.2, -0.15) is 0 Å². The van der Waals surface area contributed by atoms with E-state index in [-0.39, 0.29) is 12.8 Å². The Hall–Kier alpha value is -2.56. The van der Waals surface area contributed by atoms with Crippen LogP contribution in [0.1, 0.15) is 49.7 Å². The number of rotatable bonds is 12. The van der Waals surface area contributed by atoms with Crippen molar-refractivity contribution in [2.45, 2.75) is 63.7 Å². The standard InChI is InChI=1S/C24H28F2O3/c25-21(17-9-7-15-19-11-3-1-4-12-19)23(27)29-24(28)22(26)18-10-8-16-20-13-5-2-6-14-20/h1-6,11-14,21-22H,7-10,15-18H2. The molecule has 0 aliphatic heterocycles. The maximum Gasteiger partial charge on any atom is 0.348 e. The van der Waals surface area contributed by atoms with Crippen molar-refractivity contribution in [1.82, 2.24) is 0 Å². The molecule has 0 radical (unpaired) electrons. The Morgan fingerprint density at radius 3 is 1.41 bits per heavy atom. The van der Waals surface area contributed by atoms with Gasteiger partial charge in [0.25, 0.3) is 0 Å². The largest absolute Gasteiger partial charge is 0.389 e. The first-order chi connectivity index (χ1) is 14.1. The van der Waals surface area contributed by atoms with Crippen LogP contribution in [0.4, 0.5) is 8.78 Å². The molecule has 0 aliphatic rings. The lowest BCUT2D eigenvalue weighted by Gasteiger charge is -2.10. The van der Waals surface area contributed by atoms with Crippen molar-refractivity contribution in [1.29, 1.82) is 0 Å². The minimum absolute atomic E-state index is 0.0347. The number of alkyl halides is 2. The maximum absolute atomic E-state index is 13.9. The Balaban J connectivity index is 1.57. The Morgan fingerprint density at radius 1 is 0.655 bits per heavy atom. The van der Waals surface area contributed by atoms with Crippen LogP contribution in [0.5, 0.6) is 0 Å². The average Bonchev–Trinajstić information content (AvgIpc) is 2.75. The summed E-state index contributed by atoms with van der Waals surface area (Å²) in [6, 6.07) is 19.5. The molecule has 2 rings (SSSR count). The van der Waals surface area contributed by atoms with Crippen LogP contribution >= 0.6 is 0 Å². The first-order valence-electron chi connectivity index (χ1n) is 10.2. The van der Waals surface area contributed by atoms with Gasteiger partial charge in [-0.1, -0.05) is 60.7 Å². The molecule has 0 fully saturated rings. The van der Waals surface area contributed by atoms with Crippen LogP contribution in [0.25, 0.3) is 0 Å². The highest BCUT2D eigenvalue weighted by Gasteiger charge is 2.26. The van der Waals surface area contributed by atoms with Crippen LogP contribution < -0.4 is 0 Å². The predicted molar refractivity (Wildman–Crippen MR) is 109 cm³/mol. The summed E-state index contributed by atoms with van der Waals surface area (Å²) < 4.78 is 32.2. The summed E-state index contributed by atoms with van der Waals surface area (Å²) in [6.45, 7) is 0. The van der Waals surface area contributed by atoms with Crippen LogP contribution in [0.15, 0.2) is 60.7 Å². The molecular formula is C24H28F2O3. The zero-order chi connectivity index (χ0) is 20.9. The van der Waals surface area contributed by atoms with Gasteiger partial charge in [-0.3, -0.25) is 0 Å². The molecule has 2 atom stereocenters. The lowest BCUT2D eigenvalue weighted by Crippen LogP contribution is -2.27. The fourth-order valence-corrected chi connectivity index (χ4v) is 3.06. The number of carbonyl (C=O) groups excluding carboxylic acids is 2. The van der Waals surface area contributed by atoms with Gasteiger partial charge in [-0.05, 0) is 62.5 Å². The van der Waals surface area contributed by atoms with Gasteiger partial charge in [-0.25, -0.2) is 18.4 Å². The van der Waals surface area contributed by atoms with Crippen molar-refractivity contribution in [3.63, 3.8) is 0 Å². The molecule has 2 aromatic rings. The van der Waals surface area contributed by atoms with Crippen molar-refractivity contribution in [3.8, 4) is 0 Å². The van der Waals surface area contributed by atoms with Gasteiger partial charge < -0.3 is 4.74 Å². The minimum atomic E-state index is -1.90. The number of unbranched alkanes of at least 4 members (excludes halogenated alkanes) is 2. The smallest absolute Gasteiger partial charge is 0.348 e. The normalized spacial score (nSPS) is 12.9. The fourth-order valence-electron chi connectivity index (χ4n) is 3.06. The molecule has 2 aromatic carbocycles. The lowest BCUT2D eigenvalue weighted by atomic mass is 10.1. The molecule has 0 aromatic heterocycles. The summed E-state index contributed by atoms with van der Waals surface area (Å²) in [6.07, 6.45) is 0.113. The Bertz CT molecular complexity index is 671. The van der Waals surface area contributed by atoms with Gasteiger partial charge in [-0.15, -0.1) is 0 Å². The lowest BCUT2D eigenvalue weighted by molar-refractivity contribution is -0.167. The summed E-state index contributed by atoms with van der Waals surface area (Å²) in [7, 11) is 0. The molecule has 156 valence electrons. The summed E-state index contributed by atoms with van der Waals surface area (Å²) in [5.74, 6) is -2.58. The van der Waals surface area contributed by atoms with Gasteiger partial charge in [0.15, 0.2) is 12.3 Å². The first-order valence-corrected chi connectivity index (χ1v) is 10.2. The summed E-state index contributed by atoms with van der Waals surface area (Å²) in [5, 5.41) is 0. The molecule has 0 heterocycles. The molecule has 0 spiro atoms. The number of hydrogen-bond donors (Lipinski definition) is 0. The van der Waals surface area contributed by atoms with E-state index in [1.54, 1.807) is 0 Å². The molecule has 0 saturated heterocycles. The molecule has 3 nitrogen and oxygen atoms in total. The number of hydrogen-bond acceptors (Lipinski definition) is 3. The average molecular weight is 402 g/mol. The Labute approximate surface area is 171 Å². The Morgan fingerprint density at radius 2 is 1.03 bits per heavy atom. The number of carbonyl (C=O) groups is 2. The predicted octanol–water partition coefficient (Wildman–Crippen LogP) is 5.56. The zero-order valence-corrected chi connectivity index (χ0v) is 16.6.